The second kappa shape index (κ2) is 11.6. The maximum atomic E-state index is 5.97. The van der Waals surface area contributed by atoms with Gasteiger partial charge in [-0.2, -0.15) is 0 Å². The summed E-state index contributed by atoms with van der Waals surface area (Å²) in [4.78, 5) is 14.7. The van der Waals surface area contributed by atoms with E-state index in [-0.39, 0.29) is 0 Å². The minimum Gasteiger partial charge on any atom is -0.378 e. The van der Waals surface area contributed by atoms with Crippen LogP contribution >= 0.6 is 12.2 Å². The summed E-state index contributed by atoms with van der Waals surface area (Å²) in [6.45, 7) is 5.84. The summed E-state index contributed by atoms with van der Waals surface area (Å²) >= 11 is 5.23. The van der Waals surface area contributed by atoms with Crippen LogP contribution in [0.5, 0.6) is 0 Å². The predicted octanol–water partition coefficient (Wildman–Crippen LogP) is 4.42. The van der Waals surface area contributed by atoms with E-state index in [0.29, 0.717) is 35.7 Å². The molecule has 4 heterocycles. The van der Waals surface area contributed by atoms with E-state index in [1.165, 1.54) is 5.56 Å². The van der Waals surface area contributed by atoms with Crippen molar-refractivity contribution < 1.29 is 9.26 Å². The van der Waals surface area contributed by atoms with Gasteiger partial charge in [-0.25, -0.2) is 9.97 Å². The van der Waals surface area contributed by atoms with Gasteiger partial charge in [-0.3, -0.25) is 4.90 Å². The highest BCUT2D eigenvalue weighted by molar-refractivity contribution is 7.80. The van der Waals surface area contributed by atoms with Gasteiger partial charge in [-0.15, -0.1) is 0 Å². The zero-order chi connectivity index (χ0) is 26.6. The molecule has 2 saturated heterocycles. The Morgan fingerprint density at radius 2 is 1.72 bits per heavy atom. The molecule has 39 heavy (non-hydrogen) atoms. The standard InChI is InChI=1S/C29H33N7O2S/c1-30-29(39)31-23-9-7-22(8-10-23)27-32-25-24(34-38-26(25)28(33-27)36-15-17-37-18-16-36)21-11-13-35(14-12-21)19-20-5-3-2-4-6-20/h2-10,21H,11-19H2,1H3,(H2,30,31,39). The number of nitrogens with one attached hydrogen (secondary N) is 2. The van der Waals surface area contributed by atoms with Crippen LogP contribution in [0.1, 0.15) is 30.0 Å². The van der Waals surface area contributed by atoms with Crippen LogP contribution in [0.15, 0.2) is 59.1 Å². The predicted molar refractivity (Wildman–Crippen MR) is 157 cm³/mol. The van der Waals surface area contributed by atoms with E-state index in [9.17, 15) is 0 Å². The van der Waals surface area contributed by atoms with Crippen LogP contribution in [-0.4, -0.2) is 71.6 Å². The molecule has 2 fully saturated rings. The average molecular weight is 544 g/mol. The number of aromatic nitrogens is 3. The van der Waals surface area contributed by atoms with Crippen LogP contribution in [0.3, 0.4) is 0 Å². The number of rotatable bonds is 6. The van der Waals surface area contributed by atoms with Crippen molar-refractivity contribution in [3.05, 3.63) is 65.9 Å². The molecule has 0 aliphatic carbocycles. The summed E-state index contributed by atoms with van der Waals surface area (Å²) in [5.41, 5.74) is 5.61. The molecule has 9 nitrogen and oxygen atoms in total. The second-order valence-electron chi connectivity index (χ2n) is 10.0. The maximum absolute atomic E-state index is 5.97. The summed E-state index contributed by atoms with van der Waals surface area (Å²) in [5, 5.41) is 11.2. The second-order valence-corrected chi connectivity index (χ2v) is 10.4. The third-order valence-corrected chi connectivity index (χ3v) is 7.79. The fourth-order valence-corrected chi connectivity index (χ4v) is 5.44. The molecule has 2 aromatic carbocycles. The number of nitrogens with zero attached hydrogens (tertiary/aromatic N) is 5. The first-order valence-electron chi connectivity index (χ1n) is 13.5. The Morgan fingerprint density at radius 3 is 2.44 bits per heavy atom. The Hall–Kier alpha value is -3.60. The normalized spacial score (nSPS) is 16.9. The number of hydrogen-bond donors (Lipinski definition) is 2. The number of thiocarbonyl (C=S) groups is 1. The fraction of sp³-hybridized carbons (Fsp3) is 0.379. The van der Waals surface area contributed by atoms with Crippen molar-refractivity contribution in [2.45, 2.75) is 25.3 Å². The lowest BCUT2D eigenvalue weighted by Gasteiger charge is -2.31. The molecule has 2 N–H and O–H groups in total. The number of likely N-dealkylation sites (tertiary alicyclic amines) is 1. The average Bonchev–Trinajstić information content (AvgIpc) is 3.42. The lowest BCUT2D eigenvalue weighted by molar-refractivity contribution is 0.122. The van der Waals surface area contributed by atoms with Crippen LogP contribution in [0, 0.1) is 0 Å². The number of fused-ring (bicyclic) bond motifs is 1. The molecule has 10 heteroatoms. The van der Waals surface area contributed by atoms with Gasteiger partial charge in [0.25, 0.3) is 0 Å². The van der Waals surface area contributed by atoms with E-state index < -0.39 is 0 Å². The Bertz CT molecular complexity index is 1410. The number of piperidine rings is 1. The number of hydrogen-bond acceptors (Lipinski definition) is 8. The van der Waals surface area contributed by atoms with Gasteiger partial charge in [0.15, 0.2) is 16.8 Å². The van der Waals surface area contributed by atoms with E-state index >= 15 is 0 Å². The minimum absolute atomic E-state index is 0.299. The summed E-state index contributed by atoms with van der Waals surface area (Å²) in [6.07, 6.45) is 2.04. The molecule has 4 aromatic rings. The summed E-state index contributed by atoms with van der Waals surface area (Å²) in [7, 11) is 1.80. The van der Waals surface area contributed by atoms with Gasteiger partial charge < -0.3 is 24.8 Å². The Labute approximate surface area is 233 Å². The van der Waals surface area contributed by atoms with Gasteiger partial charge in [-0.1, -0.05) is 35.5 Å². The third-order valence-electron chi connectivity index (χ3n) is 7.49. The summed E-state index contributed by atoms with van der Waals surface area (Å²) < 4.78 is 11.6. The highest BCUT2D eigenvalue weighted by Crippen LogP contribution is 2.36. The largest absolute Gasteiger partial charge is 0.378 e. The molecule has 2 aliphatic rings. The van der Waals surface area contributed by atoms with Crippen LogP contribution in [0.2, 0.25) is 0 Å². The van der Waals surface area contributed by atoms with Crippen molar-refractivity contribution in [2.24, 2.45) is 0 Å². The Morgan fingerprint density at radius 1 is 0.974 bits per heavy atom. The van der Waals surface area contributed by atoms with E-state index in [4.69, 9.17) is 31.4 Å². The number of ether oxygens (including phenoxy) is 1. The van der Waals surface area contributed by atoms with Gasteiger partial charge in [0, 0.05) is 43.9 Å². The van der Waals surface area contributed by atoms with E-state index in [2.05, 4.69) is 55.9 Å². The van der Waals surface area contributed by atoms with Gasteiger partial charge in [0.05, 0.1) is 13.2 Å². The van der Waals surface area contributed by atoms with Crippen molar-refractivity contribution in [3.8, 4) is 11.4 Å². The van der Waals surface area contributed by atoms with E-state index in [1.807, 2.05) is 24.3 Å². The van der Waals surface area contributed by atoms with Crippen LogP contribution < -0.4 is 15.5 Å². The van der Waals surface area contributed by atoms with Gasteiger partial charge in [-0.05, 0) is 68.0 Å². The maximum Gasteiger partial charge on any atom is 0.227 e. The zero-order valence-corrected chi connectivity index (χ0v) is 22.9. The lowest BCUT2D eigenvalue weighted by Crippen LogP contribution is -2.37. The molecule has 202 valence electrons. The molecule has 0 radical (unpaired) electrons. The van der Waals surface area contributed by atoms with Gasteiger partial charge >= 0.3 is 0 Å². The molecule has 2 aliphatic heterocycles. The molecule has 0 atom stereocenters. The van der Waals surface area contributed by atoms with E-state index in [0.717, 1.165) is 73.8 Å². The molecule has 0 bridgehead atoms. The van der Waals surface area contributed by atoms with Crippen molar-refractivity contribution >= 4 is 39.9 Å². The molecule has 6 rings (SSSR count). The van der Waals surface area contributed by atoms with Crippen LogP contribution in [0.25, 0.3) is 22.5 Å². The Kier molecular flexibility index (Phi) is 7.67. The molecule has 2 aromatic heterocycles. The molecular weight excluding hydrogens is 510 g/mol. The molecule has 0 spiro atoms. The highest BCUT2D eigenvalue weighted by atomic mass is 32.1. The lowest BCUT2D eigenvalue weighted by atomic mass is 9.92. The van der Waals surface area contributed by atoms with Crippen LogP contribution in [0.4, 0.5) is 11.5 Å². The smallest absolute Gasteiger partial charge is 0.227 e. The summed E-state index contributed by atoms with van der Waals surface area (Å²) in [6, 6.07) is 18.7. The number of anilines is 2. The molecule has 0 saturated carbocycles. The third kappa shape index (κ3) is 5.73. The first kappa shape index (κ1) is 25.7. The van der Waals surface area contributed by atoms with Gasteiger partial charge in [0.1, 0.15) is 11.2 Å². The number of benzene rings is 2. The van der Waals surface area contributed by atoms with Crippen LogP contribution in [-0.2, 0) is 11.3 Å². The summed E-state index contributed by atoms with van der Waals surface area (Å²) in [5.74, 6) is 1.75. The van der Waals surface area contributed by atoms with E-state index in [1.54, 1.807) is 7.05 Å². The quantitative estimate of drug-likeness (QED) is 0.341. The Balaban J connectivity index is 1.29. The van der Waals surface area contributed by atoms with Crippen molar-refractivity contribution in [2.75, 3.05) is 56.7 Å². The SMILES string of the molecule is CNC(=S)Nc1ccc(-c2nc(N3CCOCC3)c3onc(C4CCN(Cc5ccccc5)CC4)c3n2)cc1. The molecule has 0 amide bonds. The fourth-order valence-electron chi connectivity index (χ4n) is 5.32. The first-order valence-corrected chi connectivity index (χ1v) is 13.9. The topological polar surface area (TPSA) is 91.6 Å². The van der Waals surface area contributed by atoms with Gasteiger partial charge in [0.2, 0.25) is 5.58 Å². The minimum atomic E-state index is 0.299. The molecular formula is C29H33N7O2S. The monoisotopic (exact) mass is 543 g/mol. The van der Waals surface area contributed by atoms with Crippen molar-refractivity contribution in [1.82, 2.24) is 25.3 Å². The highest BCUT2D eigenvalue weighted by Gasteiger charge is 2.29. The number of morpholine rings is 1. The first-order chi connectivity index (χ1) is 19.2. The zero-order valence-electron chi connectivity index (χ0n) is 22.1. The van der Waals surface area contributed by atoms with Crippen molar-refractivity contribution in [1.29, 1.82) is 0 Å². The molecule has 0 unspecified atom stereocenters. The van der Waals surface area contributed by atoms with Crippen molar-refractivity contribution in [3.63, 3.8) is 0 Å².